The minimum absolute atomic E-state index is 0.0658. The van der Waals surface area contributed by atoms with E-state index in [-0.39, 0.29) is 15.6 Å². The Labute approximate surface area is 142 Å². The molecule has 0 fully saturated rings. The van der Waals surface area contributed by atoms with Crippen LogP contribution in [0.5, 0.6) is 0 Å². The molecule has 2 aromatic rings. The summed E-state index contributed by atoms with van der Waals surface area (Å²) in [6.07, 6.45) is 0. The number of nitro benzene ring substituents is 1. The maximum atomic E-state index is 12.5. The lowest BCUT2D eigenvalue weighted by molar-refractivity contribution is -0.384. The first kappa shape index (κ1) is 15.8. The molecule has 0 saturated carbocycles. The number of benzene rings is 2. The Morgan fingerprint density at radius 1 is 1.12 bits per heavy atom. The molecule has 9 heteroatoms. The molecule has 0 radical (unpaired) electrons. The van der Waals surface area contributed by atoms with Crippen molar-refractivity contribution in [2.75, 3.05) is 4.90 Å². The lowest BCUT2D eigenvalue weighted by atomic mass is 10.1. The van der Waals surface area contributed by atoms with Crippen molar-refractivity contribution in [2.45, 2.75) is 0 Å². The van der Waals surface area contributed by atoms with E-state index in [0.29, 0.717) is 4.90 Å². The van der Waals surface area contributed by atoms with Crippen LogP contribution in [0.3, 0.4) is 0 Å². The third-order valence-electron chi connectivity index (χ3n) is 3.50. The number of imide groups is 1. The van der Waals surface area contributed by atoms with Crippen molar-refractivity contribution < 1.29 is 24.4 Å². The Hall–Kier alpha value is -3.07. The number of nitro groups is 1. The van der Waals surface area contributed by atoms with Gasteiger partial charge in [0.2, 0.25) is 0 Å². The summed E-state index contributed by atoms with van der Waals surface area (Å²) in [5, 5.41) is 20.7. The van der Waals surface area contributed by atoms with Crippen LogP contribution in [0.4, 0.5) is 11.4 Å². The standard InChI is InChI=1S/C15H7BrN2O6/c16-7-5-10(15(21)22)12(11(6-7)18(23)24)17-13(19)8-3-1-2-4-9(8)14(17)20/h1-6H,(H,21,22). The molecular formula is C15H7BrN2O6. The van der Waals surface area contributed by atoms with Crippen LogP contribution in [0.2, 0.25) is 0 Å². The molecule has 0 aliphatic carbocycles. The van der Waals surface area contributed by atoms with Gasteiger partial charge in [0.05, 0.1) is 21.6 Å². The highest BCUT2D eigenvalue weighted by Crippen LogP contribution is 2.39. The molecule has 1 N–H and O–H groups in total. The van der Waals surface area contributed by atoms with E-state index in [1.165, 1.54) is 12.1 Å². The van der Waals surface area contributed by atoms with Crippen molar-refractivity contribution in [1.29, 1.82) is 0 Å². The first-order chi connectivity index (χ1) is 11.3. The number of hydrogen-bond acceptors (Lipinski definition) is 5. The first-order valence-corrected chi connectivity index (χ1v) is 7.31. The summed E-state index contributed by atoms with van der Waals surface area (Å²) in [5.74, 6) is -3.10. The molecule has 1 heterocycles. The van der Waals surface area contributed by atoms with E-state index in [2.05, 4.69) is 15.9 Å². The SMILES string of the molecule is O=C(O)c1cc(Br)cc([N+](=O)[O-])c1N1C(=O)c2ccccc2C1=O. The highest BCUT2D eigenvalue weighted by atomic mass is 79.9. The summed E-state index contributed by atoms with van der Waals surface area (Å²) < 4.78 is 0.145. The number of nitrogens with zero attached hydrogens (tertiary/aromatic N) is 2. The molecule has 2 aromatic carbocycles. The molecule has 120 valence electrons. The quantitative estimate of drug-likeness (QED) is 0.488. The van der Waals surface area contributed by atoms with Crippen molar-refractivity contribution in [3.8, 4) is 0 Å². The van der Waals surface area contributed by atoms with E-state index >= 15 is 0 Å². The molecule has 3 rings (SSSR count). The van der Waals surface area contributed by atoms with Crippen molar-refractivity contribution in [3.63, 3.8) is 0 Å². The van der Waals surface area contributed by atoms with Crippen LogP contribution in [0.25, 0.3) is 0 Å². The molecule has 0 atom stereocenters. The fourth-order valence-corrected chi connectivity index (χ4v) is 2.96. The molecule has 1 aliphatic rings. The minimum atomic E-state index is -1.49. The zero-order valence-electron chi connectivity index (χ0n) is 11.7. The number of carbonyl (C=O) groups excluding carboxylic acids is 2. The average molecular weight is 391 g/mol. The lowest BCUT2D eigenvalue weighted by Crippen LogP contribution is -2.31. The van der Waals surface area contributed by atoms with Crippen LogP contribution in [0.15, 0.2) is 40.9 Å². The predicted octanol–water partition coefficient (Wildman–Crippen LogP) is 2.86. The third kappa shape index (κ3) is 2.26. The summed E-state index contributed by atoms with van der Waals surface area (Å²) in [4.78, 5) is 47.6. The van der Waals surface area contributed by atoms with Crippen molar-refractivity contribution in [2.24, 2.45) is 0 Å². The molecule has 0 unspecified atom stereocenters. The number of rotatable bonds is 3. The summed E-state index contributed by atoms with van der Waals surface area (Å²) >= 11 is 2.99. The first-order valence-electron chi connectivity index (χ1n) is 6.52. The van der Waals surface area contributed by atoms with Gasteiger partial charge in [-0.25, -0.2) is 9.69 Å². The molecule has 24 heavy (non-hydrogen) atoms. The van der Waals surface area contributed by atoms with Crippen LogP contribution < -0.4 is 4.90 Å². The van der Waals surface area contributed by atoms with Gasteiger partial charge in [-0.15, -0.1) is 0 Å². The van der Waals surface area contributed by atoms with Crippen molar-refractivity contribution in [3.05, 3.63) is 67.7 Å². The van der Waals surface area contributed by atoms with Crippen molar-refractivity contribution in [1.82, 2.24) is 0 Å². The Bertz CT molecular complexity index is 869. The number of hydrogen-bond donors (Lipinski definition) is 1. The van der Waals surface area contributed by atoms with Gasteiger partial charge in [0.1, 0.15) is 5.69 Å². The van der Waals surface area contributed by atoms with Crippen LogP contribution in [0.1, 0.15) is 31.1 Å². The second-order valence-electron chi connectivity index (χ2n) is 4.87. The topological polar surface area (TPSA) is 118 Å². The van der Waals surface area contributed by atoms with Crippen LogP contribution in [-0.4, -0.2) is 27.8 Å². The highest BCUT2D eigenvalue weighted by Gasteiger charge is 2.42. The van der Waals surface area contributed by atoms with E-state index in [1.807, 2.05) is 0 Å². The fraction of sp³-hybridized carbons (Fsp3) is 0. The second kappa shape index (κ2) is 5.53. The molecule has 2 amide bonds. The van der Waals surface area contributed by atoms with Gasteiger partial charge in [0, 0.05) is 10.5 Å². The van der Waals surface area contributed by atoms with Gasteiger partial charge >= 0.3 is 5.97 Å². The Morgan fingerprint density at radius 3 is 2.12 bits per heavy atom. The van der Waals surface area contributed by atoms with Crippen LogP contribution >= 0.6 is 15.9 Å². The number of carboxylic acids is 1. The monoisotopic (exact) mass is 390 g/mol. The average Bonchev–Trinajstić information content (AvgIpc) is 2.78. The zero-order valence-corrected chi connectivity index (χ0v) is 13.3. The molecule has 0 aromatic heterocycles. The highest BCUT2D eigenvalue weighted by molar-refractivity contribution is 9.10. The maximum Gasteiger partial charge on any atom is 0.338 e. The largest absolute Gasteiger partial charge is 0.478 e. The number of amides is 2. The van der Waals surface area contributed by atoms with Gasteiger partial charge in [-0.1, -0.05) is 28.1 Å². The summed E-state index contributed by atoms with van der Waals surface area (Å²) in [6, 6.07) is 8.05. The Kier molecular flexibility index (Phi) is 3.64. The van der Waals surface area contributed by atoms with E-state index < -0.39 is 39.6 Å². The van der Waals surface area contributed by atoms with Gasteiger partial charge < -0.3 is 5.11 Å². The molecule has 8 nitrogen and oxygen atoms in total. The molecule has 0 saturated heterocycles. The third-order valence-corrected chi connectivity index (χ3v) is 3.96. The Balaban J connectivity index is 2.31. The maximum absolute atomic E-state index is 12.5. The number of anilines is 1. The molecule has 1 aliphatic heterocycles. The van der Waals surface area contributed by atoms with E-state index in [0.717, 1.165) is 12.1 Å². The van der Waals surface area contributed by atoms with E-state index in [9.17, 15) is 29.6 Å². The lowest BCUT2D eigenvalue weighted by Gasteiger charge is -2.16. The smallest absolute Gasteiger partial charge is 0.338 e. The zero-order chi connectivity index (χ0) is 17.6. The number of fused-ring (bicyclic) bond motifs is 1. The number of carbonyl (C=O) groups is 3. The minimum Gasteiger partial charge on any atom is -0.478 e. The van der Waals surface area contributed by atoms with E-state index in [4.69, 9.17) is 0 Å². The van der Waals surface area contributed by atoms with Gasteiger partial charge in [-0.2, -0.15) is 0 Å². The number of halogens is 1. The van der Waals surface area contributed by atoms with Gasteiger partial charge in [-0.05, 0) is 18.2 Å². The van der Waals surface area contributed by atoms with Crippen LogP contribution in [0, 0.1) is 10.1 Å². The molecule has 0 bridgehead atoms. The normalized spacial score (nSPS) is 13.1. The molecular weight excluding hydrogens is 384 g/mol. The van der Waals surface area contributed by atoms with Gasteiger partial charge in [0.25, 0.3) is 17.5 Å². The van der Waals surface area contributed by atoms with Crippen molar-refractivity contribution >= 4 is 45.1 Å². The number of carboxylic acid groups (broad SMARTS) is 1. The van der Waals surface area contributed by atoms with Gasteiger partial charge in [0.15, 0.2) is 0 Å². The van der Waals surface area contributed by atoms with Crippen LogP contribution in [-0.2, 0) is 0 Å². The second-order valence-corrected chi connectivity index (χ2v) is 5.79. The molecule has 0 spiro atoms. The fourth-order valence-electron chi connectivity index (χ4n) is 2.51. The summed E-state index contributed by atoms with van der Waals surface area (Å²) in [5.41, 5.74) is -1.60. The number of aromatic carboxylic acids is 1. The summed E-state index contributed by atoms with van der Waals surface area (Å²) in [6.45, 7) is 0. The Morgan fingerprint density at radius 2 is 1.67 bits per heavy atom. The van der Waals surface area contributed by atoms with Gasteiger partial charge in [-0.3, -0.25) is 19.7 Å². The summed E-state index contributed by atoms with van der Waals surface area (Å²) in [7, 11) is 0. The van der Waals surface area contributed by atoms with E-state index in [1.54, 1.807) is 12.1 Å². The predicted molar refractivity (Wildman–Crippen MR) is 85.3 cm³/mol.